The molecule has 106 valence electrons. The number of aromatic nitrogens is 1. The van der Waals surface area contributed by atoms with Crippen LogP contribution in [0.5, 0.6) is 0 Å². The van der Waals surface area contributed by atoms with E-state index in [2.05, 4.69) is 10.3 Å². The third kappa shape index (κ3) is 2.28. The molecule has 0 saturated heterocycles. The minimum atomic E-state index is -0.824. The molecule has 5 heteroatoms. The first kappa shape index (κ1) is 13.1. The predicted molar refractivity (Wildman–Crippen MR) is 71.5 cm³/mol. The lowest BCUT2D eigenvalue weighted by Crippen LogP contribution is -2.41. The Morgan fingerprint density at radius 2 is 2.00 bits per heavy atom. The highest BCUT2D eigenvalue weighted by atomic mass is 16.4. The first-order valence-electron chi connectivity index (χ1n) is 7.07. The van der Waals surface area contributed by atoms with Crippen molar-refractivity contribution >= 4 is 11.9 Å². The van der Waals surface area contributed by atoms with Crippen molar-refractivity contribution in [3.05, 3.63) is 30.1 Å². The van der Waals surface area contributed by atoms with Crippen LogP contribution in [0.4, 0.5) is 0 Å². The summed E-state index contributed by atoms with van der Waals surface area (Å²) in [5.74, 6) is -1.40. The fourth-order valence-electron chi connectivity index (χ4n) is 3.82. The number of carbonyl (C=O) groups is 2. The van der Waals surface area contributed by atoms with Crippen LogP contribution in [-0.2, 0) is 16.1 Å². The zero-order chi connectivity index (χ0) is 14.1. The number of amides is 1. The van der Waals surface area contributed by atoms with Gasteiger partial charge in [0.05, 0.1) is 24.1 Å². The van der Waals surface area contributed by atoms with E-state index in [1.54, 1.807) is 6.20 Å². The van der Waals surface area contributed by atoms with Crippen LogP contribution in [0.15, 0.2) is 24.4 Å². The second-order valence-corrected chi connectivity index (χ2v) is 5.76. The number of pyridine rings is 1. The number of carboxylic acids is 1. The largest absolute Gasteiger partial charge is 0.481 e. The molecule has 0 radical (unpaired) electrons. The SMILES string of the molecule is O=C(NCc1ccccn1)[C@@H]1[C@@H]2CC[C@@H](C2)[C@@H]1C(=O)O. The maximum atomic E-state index is 12.3. The number of rotatable bonds is 4. The van der Waals surface area contributed by atoms with Gasteiger partial charge < -0.3 is 10.4 Å². The number of aliphatic carboxylic acids is 1. The van der Waals surface area contributed by atoms with Crippen LogP contribution in [0.1, 0.15) is 25.0 Å². The van der Waals surface area contributed by atoms with Crippen LogP contribution < -0.4 is 5.32 Å². The second-order valence-electron chi connectivity index (χ2n) is 5.76. The van der Waals surface area contributed by atoms with Gasteiger partial charge in [-0.05, 0) is 43.2 Å². The molecule has 1 aromatic heterocycles. The minimum Gasteiger partial charge on any atom is -0.481 e. The quantitative estimate of drug-likeness (QED) is 0.871. The van der Waals surface area contributed by atoms with Crippen LogP contribution in [0.3, 0.4) is 0 Å². The van der Waals surface area contributed by atoms with Crippen LogP contribution in [0.25, 0.3) is 0 Å². The fraction of sp³-hybridized carbons (Fsp3) is 0.533. The van der Waals surface area contributed by atoms with Gasteiger partial charge in [0.2, 0.25) is 5.91 Å². The van der Waals surface area contributed by atoms with Crippen molar-refractivity contribution < 1.29 is 14.7 Å². The molecule has 3 rings (SSSR count). The topological polar surface area (TPSA) is 79.3 Å². The Labute approximate surface area is 117 Å². The molecule has 2 fully saturated rings. The van der Waals surface area contributed by atoms with Gasteiger partial charge in [-0.3, -0.25) is 14.6 Å². The molecule has 0 aliphatic heterocycles. The molecule has 0 spiro atoms. The van der Waals surface area contributed by atoms with Gasteiger partial charge in [0.15, 0.2) is 0 Å². The molecular formula is C15H18N2O3. The Bertz CT molecular complexity index is 517. The Morgan fingerprint density at radius 1 is 1.25 bits per heavy atom. The summed E-state index contributed by atoms with van der Waals surface area (Å²) in [6.45, 7) is 0.361. The summed E-state index contributed by atoms with van der Waals surface area (Å²) in [5, 5.41) is 12.2. The number of hydrogen-bond donors (Lipinski definition) is 2. The average Bonchev–Trinajstić information content (AvgIpc) is 3.06. The maximum absolute atomic E-state index is 12.3. The van der Waals surface area contributed by atoms with E-state index in [-0.39, 0.29) is 23.7 Å². The highest BCUT2D eigenvalue weighted by molar-refractivity contribution is 5.86. The number of carbonyl (C=O) groups excluding carboxylic acids is 1. The van der Waals surface area contributed by atoms with Gasteiger partial charge in [0.1, 0.15) is 0 Å². The molecule has 2 aliphatic carbocycles. The molecule has 0 unspecified atom stereocenters. The van der Waals surface area contributed by atoms with E-state index in [9.17, 15) is 14.7 Å². The highest BCUT2D eigenvalue weighted by Crippen LogP contribution is 2.52. The van der Waals surface area contributed by atoms with Crippen LogP contribution in [0, 0.1) is 23.7 Å². The average molecular weight is 274 g/mol. The first-order chi connectivity index (χ1) is 9.66. The van der Waals surface area contributed by atoms with E-state index in [1.807, 2.05) is 18.2 Å². The van der Waals surface area contributed by atoms with Gasteiger partial charge in [-0.2, -0.15) is 0 Å². The van der Waals surface area contributed by atoms with Crippen LogP contribution in [-0.4, -0.2) is 22.0 Å². The monoisotopic (exact) mass is 274 g/mol. The molecule has 2 aliphatic rings. The lowest BCUT2D eigenvalue weighted by Gasteiger charge is -2.26. The van der Waals surface area contributed by atoms with Crippen molar-refractivity contribution in [1.82, 2.24) is 10.3 Å². The van der Waals surface area contributed by atoms with Crippen LogP contribution >= 0.6 is 0 Å². The third-order valence-electron chi connectivity index (χ3n) is 4.67. The normalized spacial score (nSPS) is 31.2. The van der Waals surface area contributed by atoms with Gasteiger partial charge in [0, 0.05) is 6.20 Å². The summed E-state index contributed by atoms with van der Waals surface area (Å²) >= 11 is 0. The van der Waals surface area contributed by atoms with Crippen molar-refractivity contribution in [1.29, 1.82) is 0 Å². The van der Waals surface area contributed by atoms with Gasteiger partial charge in [-0.15, -0.1) is 0 Å². The Hall–Kier alpha value is -1.91. The third-order valence-corrected chi connectivity index (χ3v) is 4.67. The second kappa shape index (κ2) is 5.23. The van der Waals surface area contributed by atoms with Crippen molar-refractivity contribution in [2.75, 3.05) is 0 Å². The Morgan fingerprint density at radius 3 is 2.65 bits per heavy atom. The summed E-state index contributed by atoms with van der Waals surface area (Å²) in [6.07, 6.45) is 4.50. The molecule has 2 N–H and O–H groups in total. The first-order valence-corrected chi connectivity index (χ1v) is 7.07. The number of hydrogen-bond acceptors (Lipinski definition) is 3. The van der Waals surface area contributed by atoms with E-state index < -0.39 is 11.9 Å². The Balaban J connectivity index is 1.66. The standard InChI is InChI=1S/C15H18N2O3/c18-14(17-8-11-3-1-2-6-16-11)12-9-4-5-10(7-9)13(12)15(19)20/h1-3,6,9-10,12-13H,4-5,7-8H2,(H,17,18)(H,19,20)/t9-,10+,12-,13+/m1/s1. The Kier molecular flexibility index (Phi) is 3.42. The van der Waals surface area contributed by atoms with Crippen molar-refractivity contribution in [2.24, 2.45) is 23.7 Å². The summed E-state index contributed by atoms with van der Waals surface area (Å²) in [6, 6.07) is 5.53. The van der Waals surface area contributed by atoms with E-state index in [0.717, 1.165) is 25.0 Å². The summed E-state index contributed by atoms with van der Waals surface area (Å²) in [7, 11) is 0. The van der Waals surface area contributed by atoms with E-state index >= 15 is 0 Å². The number of nitrogens with one attached hydrogen (secondary N) is 1. The molecule has 2 bridgehead atoms. The molecule has 0 aromatic carbocycles. The van der Waals surface area contributed by atoms with E-state index in [0.29, 0.717) is 6.54 Å². The van der Waals surface area contributed by atoms with E-state index in [4.69, 9.17) is 0 Å². The molecule has 4 atom stereocenters. The van der Waals surface area contributed by atoms with Crippen LogP contribution in [0.2, 0.25) is 0 Å². The lowest BCUT2D eigenvalue weighted by molar-refractivity contribution is -0.149. The van der Waals surface area contributed by atoms with Gasteiger partial charge in [-0.1, -0.05) is 6.07 Å². The molecule has 1 aromatic rings. The number of nitrogens with zero attached hydrogens (tertiary/aromatic N) is 1. The summed E-state index contributed by atoms with van der Waals surface area (Å²) in [5.41, 5.74) is 0.788. The fourth-order valence-corrected chi connectivity index (χ4v) is 3.82. The molecule has 1 amide bonds. The number of fused-ring (bicyclic) bond motifs is 2. The molecule has 1 heterocycles. The van der Waals surface area contributed by atoms with Gasteiger partial charge in [-0.25, -0.2) is 0 Å². The smallest absolute Gasteiger partial charge is 0.307 e. The summed E-state index contributed by atoms with van der Waals surface area (Å²) in [4.78, 5) is 27.9. The molecule has 5 nitrogen and oxygen atoms in total. The zero-order valence-corrected chi connectivity index (χ0v) is 11.2. The maximum Gasteiger partial charge on any atom is 0.307 e. The highest BCUT2D eigenvalue weighted by Gasteiger charge is 2.53. The van der Waals surface area contributed by atoms with Gasteiger partial charge in [0.25, 0.3) is 0 Å². The van der Waals surface area contributed by atoms with E-state index in [1.165, 1.54) is 0 Å². The molecule has 20 heavy (non-hydrogen) atoms. The van der Waals surface area contributed by atoms with Crippen molar-refractivity contribution in [2.45, 2.75) is 25.8 Å². The minimum absolute atomic E-state index is 0.129. The molecular weight excluding hydrogens is 256 g/mol. The number of carboxylic acid groups (broad SMARTS) is 1. The van der Waals surface area contributed by atoms with Crippen molar-refractivity contribution in [3.63, 3.8) is 0 Å². The predicted octanol–water partition coefficient (Wildman–Crippen LogP) is 1.44. The van der Waals surface area contributed by atoms with Gasteiger partial charge >= 0.3 is 5.97 Å². The molecule has 2 saturated carbocycles. The van der Waals surface area contributed by atoms with Crippen molar-refractivity contribution in [3.8, 4) is 0 Å². The summed E-state index contributed by atoms with van der Waals surface area (Å²) < 4.78 is 0. The lowest BCUT2D eigenvalue weighted by atomic mass is 9.78. The zero-order valence-electron chi connectivity index (χ0n) is 11.2.